The summed E-state index contributed by atoms with van der Waals surface area (Å²) in [7, 11) is 0. The molecule has 0 unspecified atom stereocenters. The molecule has 0 saturated carbocycles. The Morgan fingerprint density at radius 2 is 1.00 bits per heavy atom. The summed E-state index contributed by atoms with van der Waals surface area (Å²) >= 11 is 0. The zero-order valence-corrected chi connectivity index (χ0v) is 31.2. The summed E-state index contributed by atoms with van der Waals surface area (Å²) in [4.78, 5) is 1.80. The molecule has 0 N–H and O–H groups in total. The van der Waals surface area contributed by atoms with E-state index in [1.54, 1.807) is 4.90 Å². The maximum atomic E-state index is 9.25. The highest BCUT2D eigenvalue weighted by Gasteiger charge is 2.46. The quantitative estimate of drug-likeness (QED) is 0.169. The van der Waals surface area contributed by atoms with Gasteiger partial charge in [0.15, 0.2) is 0 Å². The fourth-order valence-corrected chi connectivity index (χ4v) is 9.57. The number of furan rings is 1. The van der Waals surface area contributed by atoms with Crippen LogP contribution in [0.15, 0.2) is 223 Å². The Balaban J connectivity index is 1.17. The molecular weight excluding hydrogens is 705 g/mol. The van der Waals surface area contributed by atoms with E-state index in [9.17, 15) is 2.74 Å². The van der Waals surface area contributed by atoms with E-state index in [1.165, 1.54) is 27.8 Å². The molecule has 0 spiro atoms. The van der Waals surface area contributed by atoms with Crippen LogP contribution in [0.5, 0.6) is 0 Å². The van der Waals surface area contributed by atoms with Crippen LogP contribution in [0, 0.1) is 0 Å². The number of nitrogens with zero attached hydrogens (tertiary/aromatic N) is 2. The van der Waals surface area contributed by atoms with Crippen molar-refractivity contribution in [1.82, 2.24) is 4.57 Å². The van der Waals surface area contributed by atoms with E-state index in [4.69, 9.17) is 8.53 Å². The molecule has 0 fully saturated rings. The van der Waals surface area contributed by atoms with Crippen LogP contribution in [0.2, 0.25) is 0 Å². The van der Waals surface area contributed by atoms with Crippen molar-refractivity contribution >= 4 is 60.8 Å². The van der Waals surface area contributed by atoms with E-state index < -0.39 is 23.5 Å². The van der Waals surface area contributed by atoms with Crippen molar-refractivity contribution in [2.45, 2.75) is 5.41 Å². The number of fused-ring (bicyclic) bond motifs is 9. The highest BCUT2D eigenvalue weighted by molar-refractivity contribution is 6.12. The van der Waals surface area contributed by atoms with Crippen LogP contribution in [0.3, 0.4) is 0 Å². The van der Waals surface area contributed by atoms with Gasteiger partial charge in [0.05, 0.1) is 23.3 Å². The third kappa shape index (κ3) is 4.68. The molecule has 12 rings (SSSR count). The minimum absolute atomic E-state index is 0.0576. The largest absolute Gasteiger partial charge is 0.456 e. The first-order valence-corrected chi connectivity index (χ1v) is 19.5. The normalized spacial score (nSPS) is 14.2. The average Bonchev–Trinajstić information content (AvgIpc) is 3.98. The van der Waals surface area contributed by atoms with E-state index in [1.807, 2.05) is 66.7 Å². The third-order valence-electron chi connectivity index (χ3n) is 11.9. The fraction of sp³-hybridized carbons (Fsp3) is 0.0182. The standard InChI is InChI=1S/C55H36N2O/c1-4-16-37(17-5-1)55(49-25-13-10-22-43(49)44-23-11-14-26-50(44)55)38-28-31-51-46(34-38)47-35-41(29-32-52(47)57(51)40-20-8-3-9-21-40)56(39-18-6-2-7-19-39)42-30-33-54-48(36-42)45-24-12-15-27-53(45)58-54/h1-36H/i2D,6D,7D,18D,19D. The molecule has 0 atom stereocenters. The van der Waals surface area contributed by atoms with E-state index in [0.717, 1.165) is 49.4 Å². The molecule has 11 aromatic rings. The Morgan fingerprint density at radius 1 is 0.431 bits per heavy atom. The molecule has 1 aliphatic carbocycles. The fourth-order valence-electron chi connectivity index (χ4n) is 9.57. The monoisotopic (exact) mass is 745 g/mol. The number of anilines is 3. The minimum Gasteiger partial charge on any atom is -0.456 e. The number of aromatic nitrogens is 1. The van der Waals surface area contributed by atoms with Crippen molar-refractivity contribution < 1.29 is 11.3 Å². The third-order valence-corrected chi connectivity index (χ3v) is 11.9. The van der Waals surface area contributed by atoms with E-state index in [0.29, 0.717) is 17.0 Å². The Hall–Kier alpha value is -7.62. The summed E-state index contributed by atoms with van der Waals surface area (Å²) in [6.45, 7) is 0. The number of hydrogen-bond acceptors (Lipinski definition) is 2. The van der Waals surface area contributed by atoms with Crippen molar-refractivity contribution in [2.24, 2.45) is 0 Å². The topological polar surface area (TPSA) is 21.3 Å². The van der Waals surface area contributed by atoms with Gasteiger partial charge < -0.3 is 13.9 Å². The number of hydrogen-bond donors (Lipinski definition) is 0. The van der Waals surface area contributed by atoms with Crippen LogP contribution < -0.4 is 4.90 Å². The first-order valence-electron chi connectivity index (χ1n) is 22.0. The van der Waals surface area contributed by atoms with Gasteiger partial charge in [0.2, 0.25) is 0 Å². The highest BCUT2D eigenvalue weighted by atomic mass is 16.3. The maximum Gasteiger partial charge on any atom is 0.135 e. The van der Waals surface area contributed by atoms with Crippen LogP contribution in [-0.2, 0) is 5.41 Å². The van der Waals surface area contributed by atoms with Crippen LogP contribution in [0.4, 0.5) is 17.1 Å². The van der Waals surface area contributed by atoms with Crippen LogP contribution in [-0.4, -0.2) is 4.57 Å². The molecule has 0 radical (unpaired) electrons. The van der Waals surface area contributed by atoms with Crippen molar-refractivity contribution in [3.05, 3.63) is 241 Å². The predicted octanol–water partition coefficient (Wildman–Crippen LogP) is 14.5. The minimum atomic E-state index is -0.621. The van der Waals surface area contributed by atoms with Gasteiger partial charge in [-0.3, -0.25) is 0 Å². The molecule has 2 heterocycles. The summed E-state index contributed by atoms with van der Waals surface area (Å²) in [5.74, 6) is 0. The summed E-state index contributed by atoms with van der Waals surface area (Å²) in [6.07, 6.45) is 0. The lowest BCUT2D eigenvalue weighted by Crippen LogP contribution is -2.28. The van der Waals surface area contributed by atoms with E-state index in [2.05, 4.69) is 126 Å². The SMILES string of the molecule is [2H]c1c([2H])c([2H])c(N(c2ccc3oc4ccccc4c3c2)c2ccc3c(c2)c2cc(C4(c5ccccc5)c5ccccc5-c5ccccc54)ccc2n3-c2ccccc2)c([2H])c1[2H]. The number of rotatable bonds is 6. The lowest BCUT2D eigenvalue weighted by molar-refractivity contribution is 0.669. The zero-order valence-electron chi connectivity index (χ0n) is 36.2. The van der Waals surface area contributed by atoms with Gasteiger partial charge in [-0.25, -0.2) is 0 Å². The number of para-hydroxylation sites is 3. The molecule has 9 aromatic carbocycles. The molecule has 0 bridgehead atoms. The highest BCUT2D eigenvalue weighted by Crippen LogP contribution is 2.56. The van der Waals surface area contributed by atoms with E-state index in [-0.39, 0.29) is 17.8 Å². The molecule has 0 amide bonds. The average molecular weight is 746 g/mol. The summed E-state index contributed by atoms with van der Waals surface area (Å²) < 4.78 is 53.0. The van der Waals surface area contributed by atoms with Crippen molar-refractivity contribution in [2.75, 3.05) is 4.90 Å². The molecule has 272 valence electrons. The van der Waals surface area contributed by atoms with Crippen molar-refractivity contribution in [3.63, 3.8) is 0 Å². The van der Waals surface area contributed by atoms with E-state index >= 15 is 0 Å². The lowest BCUT2D eigenvalue weighted by Gasteiger charge is -2.34. The summed E-state index contributed by atoms with van der Waals surface area (Å²) in [5.41, 5.74) is 12.3. The molecule has 0 aliphatic heterocycles. The smallest absolute Gasteiger partial charge is 0.135 e. The Kier molecular flexibility index (Phi) is 6.11. The lowest BCUT2D eigenvalue weighted by atomic mass is 9.67. The van der Waals surface area contributed by atoms with Gasteiger partial charge in [0, 0.05) is 44.3 Å². The summed E-state index contributed by atoms with van der Waals surface area (Å²) in [5, 5.41) is 3.74. The second kappa shape index (κ2) is 12.7. The van der Waals surface area contributed by atoms with Crippen LogP contribution in [0.25, 0.3) is 60.6 Å². The second-order valence-corrected chi connectivity index (χ2v) is 14.9. The van der Waals surface area contributed by atoms with Gasteiger partial charge in [-0.15, -0.1) is 0 Å². The molecular formula is C55H36N2O. The van der Waals surface area contributed by atoms with Crippen LogP contribution >= 0.6 is 0 Å². The maximum absolute atomic E-state index is 9.25. The zero-order chi connectivity index (χ0) is 42.6. The van der Waals surface area contributed by atoms with Crippen molar-refractivity contribution in [3.8, 4) is 16.8 Å². The Bertz CT molecular complexity index is 3580. The van der Waals surface area contributed by atoms with Gasteiger partial charge in [-0.05, 0) is 112 Å². The molecule has 58 heavy (non-hydrogen) atoms. The molecule has 1 aliphatic rings. The van der Waals surface area contributed by atoms with Crippen LogP contribution in [0.1, 0.15) is 29.1 Å². The van der Waals surface area contributed by atoms with Gasteiger partial charge >= 0.3 is 0 Å². The second-order valence-electron chi connectivity index (χ2n) is 14.9. The summed E-state index contributed by atoms with van der Waals surface area (Å²) in [6, 6.07) is 63.3. The van der Waals surface area contributed by atoms with Gasteiger partial charge in [0.25, 0.3) is 0 Å². The Labute approximate surface area is 343 Å². The Morgan fingerprint density at radius 3 is 1.74 bits per heavy atom. The van der Waals surface area contributed by atoms with Gasteiger partial charge in [-0.2, -0.15) is 0 Å². The molecule has 0 saturated heterocycles. The molecule has 3 nitrogen and oxygen atoms in total. The first-order chi connectivity index (χ1) is 30.8. The van der Waals surface area contributed by atoms with Gasteiger partial charge in [-0.1, -0.05) is 139 Å². The van der Waals surface area contributed by atoms with Gasteiger partial charge in [0.1, 0.15) is 11.2 Å². The van der Waals surface area contributed by atoms with Crippen molar-refractivity contribution in [1.29, 1.82) is 0 Å². The predicted molar refractivity (Wildman–Crippen MR) is 240 cm³/mol. The molecule has 2 aromatic heterocycles. The number of benzene rings is 9. The molecule has 3 heteroatoms. The first kappa shape index (κ1) is 27.9.